The average Bonchev–Trinajstić information content (AvgIpc) is 2.36. The van der Waals surface area contributed by atoms with Crippen molar-refractivity contribution in [1.82, 2.24) is 4.72 Å². The lowest BCUT2D eigenvalue weighted by atomic mass is 9.81. The van der Waals surface area contributed by atoms with Gasteiger partial charge in [0.1, 0.15) is 0 Å². The van der Waals surface area contributed by atoms with Crippen molar-refractivity contribution >= 4 is 70.2 Å². The lowest BCUT2D eigenvalue weighted by Crippen LogP contribution is -2.35. The SMILES string of the molecule is NC(=O)C1CCC(C(=O)NSC(Cl)(Cl)C(Cl)Cl)CC1. The van der Waals surface area contributed by atoms with Gasteiger partial charge < -0.3 is 5.73 Å². The number of halogens is 4. The monoisotopic (exact) mass is 366 g/mol. The Balaban J connectivity index is 2.38. The molecule has 1 aliphatic carbocycles. The molecule has 0 heterocycles. The topological polar surface area (TPSA) is 72.2 Å². The molecule has 0 aromatic rings. The first-order valence-corrected chi connectivity index (χ1v) is 8.11. The molecule has 1 aliphatic rings. The molecule has 2 amide bonds. The van der Waals surface area contributed by atoms with E-state index in [4.69, 9.17) is 52.1 Å². The first-order chi connectivity index (χ1) is 8.74. The molecular formula is C10H14Cl4N2O2S. The second kappa shape index (κ2) is 7.46. The van der Waals surface area contributed by atoms with Gasteiger partial charge in [0.25, 0.3) is 0 Å². The summed E-state index contributed by atoms with van der Waals surface area (Å²) < 4.78 is 1.05. The van der Waals surface area contributed by atoms with Crippen LogP contribution in [-0.2, 0) is 9.59 Å². The lowest BCUT2D eigenvalue weighted by molar-refractivity contribution is -0.127. The fourth-order valence-corrected chi connectivity index (χ4v) is 2.88. The van der Waals surface area contributed by atoms with Crippen LogP contribution in [0.1, 0.15) is 25.7 Å². The van der Waals surface area contributed by atoms with Gasteiger partial charge in [-0.05, 0) is 37.6 Å². The number of nitrogens with two attached hydrogens (primary N) is 1. The standard InChI is InChI=1S/C10H14Cl4N2O2S/c11-9(12)10(13,14)19-16-8(18)6-3-1-5(2-4-6)7(15)17/h5-6,9H,1-4H2,(H2,15,17)(H,16,18). The van der Waals surface area contributed by atoms with Crippen LogP contribution in [0, 0.1) is 11.8 Å². The molecule has 0 radical (unpaired) electrons. The highest BCUT2D eigenvalue weighted by molar-refractivity contribution is 8.02. The fraction of sp³-hybridized carbons (Fsp3) is 0.800. The number of primary amides is 1. The molecule has 0 aromatic heterocycles. The van der Waals surface area contributed by atoms with Gasteiger partial charge in [0.15, 0.2) is 4.84 Å². The average molecular weight is 368 g/mol. The predicted octanol–water partition coefficient (Wildman–Crippen LogP) is 2.98. The van der Waals surface area contributed by atoms with Crippen molar-refractivity contribution in [2.24, 2.45) is 17.6 Å². The molecule has 0 aliphatic heterocycles. The molecule has 19 heavy (non-hydrogen) atoms. The Bertz CT molecular complexity index is 346. The van der Waals surface area contributed by atoms with Crippen LogP contribution in [0.3, 0.4) is 0 Å². The molecule has 3 N–H and O–H groups in total. The van der Waals surface area contributed by atoms with Crippen molar-refractivity contribution in [2.75, 3.05) is 0 Å². The summed E-state index contributed by atoms with van der Waals surface area (Å²) in [5.74, 6) is -0.795. The summed E-state index contributed by atoms with van der Waals surface area (Å²) in [7, 11) is 0. The van der Waals surface area contributed by atoms with Crippen molar-refractivity contribution in [2.45, 2.75) is 34.2 Å². The van der Waals surface area contributed by atoms with E-state index < -0.39 is 8.50 Å². The highest BCUT2D eigenvalue weighted by Gasteiger charge is 2.36. The Kier molecular flexibility index (Phi) is 6.87. The molecule has 0 saturated heterocycles. The normalized spacial score (nSPS) is 24.3. The van der Waals surface area contributed by atoms with Crippen LogP contribution in [-0.4, -0.2) is 20.3 Å². The number of nitrogens with one attached hydrogen (secondary N) is 1. The maximum absolute atomic E-state index is 11.9. The summed E-state index contributed by atoms with van der Waals surface area (Å²) in [6.07, 6.45) is 2.47. The molecule has 1 saturated carbocycles. The van der Waals surface area contributed by atoms with E-state index in [1.54, 1.807) is 0 Å². The summed E-state index contributed by atoms with van der Waals surface area (Å²) in [5.41, 5.74) is 5.23. The van der Waals surface area contributed by atoms with E-state index in [9.17, 15) is 9.59 Å². The number of rotatable bonds is 5. The smallest absolute Gasteiger partial charge is 0.233 e. The van der Waals surface area contributed by atoms with Crippen molar-refractivity contribution < 1.29 is 9.59 Å². The second-order valence-corrected chi connectivity index (χ2v) is 8.36. The third kappa shape index (κ3) is 5.38. The van der Waals surface area contributed by atoms with Crippen LogP contribution in [0.15, 0.2) is 0 Å². The van der Waals surface area contributed by atoms with E-state index in [2.05, 4.69) is 4.72 Å². The van der Waals surface area contributed by atoms with E-state index in [0.717, 1.165) is 11.9 Å². The largest absolute Gasteiger partial charge is 0.369 e. The number of carbonyl (C=O) groups is 2. The number of carbonyl (C=O) groups excluding carboxylic acids is 2. The van der Waals surface area contributed by atoms with Crippen LogP contribution in [0.5, 0.6) is 0 Å². The highest BCUT2D eigenvalue weighted by atomic mass is 35.5. The van der Waals surface area contributed by atoms with Gasteiger partial charge in [0, 0.05) is 11.8 Å². The van der Waals surface area contributed by atoms with Crippen LogP contribution in [0.4, 0.5) is 0 Å². The molecule has 0 aromatic carbocycles. The lowest BCUT2D eigenvalue weighted by Gasteiger charge is -2.27. The summed E-state index contributed by atoms with van der Waals surface area (Å²) in [6.45, 7) is 0. The minimum Gasteiger partial charge on any atom is -0.369 e. The maximum atomic E-state index is 11.9. The Hall–Kier alpha value is 0.450. The molecule has 1 rings (SSSR count). The molecule has 9 heteroatoms. The summed E-state index contributed by atoms with van der Waals surface area (Å²) in [5, 5.41) is 0. The Morgan fingerprint density at radius 2 is 1.63 bits per heavy atom. The van der Waals surface area contributed by atoms with E-state index >= 15 is 0 Å². The highest BCUT2D eigenvalue weighted by Crippen LogP contribution is 2.41. The van der Waals surface area contributed by atoms with E-state index in [1.165, 1.54) is 0 Å². The van der Waals surface area contributed by atoms with E-state index in [0.29, 0.717) is 25.7 Å². The molecular weight excluding hydrogens is 354 g/mol. The third-order valence-electron chi connectivity index (χ3n) is 3.04. The fourth-order valence-electron chi connectivity index (χ4n) is 1.89. The summed E-state index contributed by atoms with van der Waals surface area (Å²) >= 11 is 23.5. The van der Waals surface area contributed by atoms with Gasteiger partial charge in [-0.2, -0.15) is 0 Å². The summed E-state index contributed by atoms with van der Waals surface area (Å²) in [4.78, 5) is 21.9. The third-order valence-corrected chi connectivity index (χ3v) is 6.11. The zero-order valence-corrected chi connectivity index (χ0v) is 13.7. The molecule has 0 atom stereocenters. The zero-order valence-electron chi connectivity index (χ0n) is 9.87. The molecule has 1 fully saturated rings. The first kappa shape index (κ1) is 17.5. The first-order valence-electron chi connectivity index (χ1n) is 5.67. The van der Waals surface area contributed by atoms with Crippen LogP contribution in [0.2, 0.25) is 0 Å². The summed E-state index contributed by atoms with van der Waals surface area (Å²) in [6, 6.07) is 0. The number of hydrogen-bond donors (Lipinski definition) is 2. The minimum atomic E-state index is -1.50. The minimum absolute atomic E-state index is 0.132. The Morgan fingerprint density at radius 1 is 1.16 bits per heavy atom. The molecule has 0 bridgehead atoms. The van der Waals surface area contributed by atoms with E-state index in [-0.39, 0.29) is 23.7 Å². The zero-order chi connectivity index (χ0) is 14.6. The predicted molar refractivity (Wildman–Crippen MR) is 80.3 cm³/mol. The van der Waals surface area contributed by atoms with Crippen LogP contribution >= 0.6 is 58.4 Å². The van der Waals surface area contributed by atoms with Crippen molar-refractivity contribution in [3.8, 4) is 0 Å². The van der Waals surface area contributed by atoms with Gasteiger partial charge in [0.2, 0.25) is 15.5 Å². The van der Waals surface area contributed by atoms with Crippen molar-refractivity contribution in [1.29, 1.82) is 0 Å². The Labute approximate surface area is 136 Å². The van der Waals surface area contributed by atoms with Gasteiger partial charge in [-0.15, -0.1) is 23.2 Å². The number of alkyl halides is 4. The Morgan fingerprint density at radius 3 is 2.05 bits per heavy atom. The number of hydrogen-bond acceptors (Lipinski definition) is 3. The number of amides is 2. The van der Waals surface area contributed by atoms with Crippen molar-refractivity contribution in [3.63, 3.8) is 0 Å². The van der Waals surface area contributed by atoms with Crippen molar-refractivity contribution in [3.05, 3.63) is 0 Å². The quantitative estimate of drug-likeness (QED) is 0.579. The second-order valence-electron chi connectivity index (χ2n) is 4.38. The van der Waals surface area contributed by atoms with Gasteiger partial charge >= 0.3 is 0 Å². The molecule has 110 valence electrons. The molecule has 4 nitrogen and oxygen atoms in total. The van der Waals surface area contributed by atoms with Gasteiger partial charge in [-0.1, -0.05) is 23.2 Å². The maximum Gasteiger partial charge on any atom is 0.233 e. The van der Waals surface area contributed by atoms with Gasteiger partial charge in [0.05, 0.1) is 0 Å². The molecule has 0 spiro atoms. The van der Waals surface area contributed by atoms with Gasteiger partial charge in [-0.25, -0.2) is 0 Å². The van der Waals surface area contributed by atoms with E-state index in [1.807, 2.05) is 0 Å². The van der Waals surface area contributed by atoms with Crippen LogP contribution < -0.4 is 10.5 Å². The molecule has 0 unspecified atom stereocenters. The van der Waals surface area contributed by atoms with Gasteiger partial charge in [-0.3, -0.25) is 14.3 Å². The van der Waals surface area contributed by atoms with Crippen LogP contribution in [0.25, 0.3) is 0 Å².